The Balaban J connectivity index is 3.38. The van der Waals surface area contributed by atoms with E-state index in [9.17, 15) is 0 Å². The summed E-state index contributed by atoms with van der Waals surface area (Å²) in [7, 11) is 5.06. The first kappa shape index (κ1) is 9.23. The van der Waals surface area contributed by atoms with Gasteiger partial charge in [-0.05, 0) is 6.92 Å². The fourth-order valence-electron chi connectivity index (χ4n) is 0.847. The largest absolute Gasteiger partial charge is 0.143 e. The zero-order valence-corrected chi connectivity index (χ0v) is 7.62. The molecule has 9 heavy (non-hydrogen) atoms. The Labute approximate surface area is 61.6 Å². The fraction of sp³-hybridized carbons (Fsp3) is 0.714. The number of hydrogen-bond acceptors (Lipinski definition) is 0. The van der Waals surface area contributed by atoms with Gasteiger partial charge in [0.25, 0.3) is 0 Å². The maximum absolute atomic E-state index is 2.76. The third-order valence-corrected chi connectivity index (χ3v) is 1.33. The summed E-state index contributed by atoms with van der Waals surface area (Å²) < 4.78 is 0. The molecule has 3 unspecified atom stereocenters. The molecule has 0 fully saturated rings. The third kappa shape index (κ3) is 6.12. The van der Waals surface area contributed by atoms with Crippen LogP contribution in [0.3, 0.4) is 0 Å². The molecule has 0 aliphatic heterocycles. The lowest BCUT2D eigenvalue weighted by molar-refractivity contribution is 1.15. The van der Waals surface area contributed by atoms with Crippen molar-refractivity contribution in [2.24, 2.45) is 0 Å². The first-order chi connectivity index (χ1) is 4.16. The van der Waals surface area contributed by atoms with Crippen LogP contribution in [-0.2, 0) is 0 Å². The van der Waals surface area contributed by atoms with Crippen LogP contribution >= 0.6 is 9.24 Å². The second-order valence-corrected chi connectivity index (χ2v) is 3.49. The molecule has 2 heteroatoms. The first-order valence-electron chi connectivity index (χ1n) is 3.40. The Hall–Kier alpha value is 0.235. The molecule has 0 aliphatic carbocycles. The minimum Gasteiger partial charge on any atom is -0.143 e. The maximum Gasteiger partial charge on any atom is 0.127 e. The van der Waals surface area contributed by atoms with Crippen molar-refractivity contribution in [2.45, 2.75) is 32.1 Å². The molecule has 0 saturated carbocycles. The highest BCUT2D eigenvalue weighted by Gasteiger charge is 2.01. The van der Waals surface area contributed by atoms with E-state index in [2.05, 4.69) is 49.4 Å². The van der Waals surface area contributed by atoms with Crippen molar-refractivity contribution >= 4 is 16.5 Å². The standard InChI is InChI=1S/C7H15BP/c1-4-5-6(2)8-7(3)9/h4-7H,9H2,1-3H3. The van der Waals surface area contributed by atoms with Gasteiger partial charge in [-0.2, -0.15) is 0 Å². The fourth-order valence-corrected chi connectivity index (χ4v) is 1.20. The van der Waals surface area contributed by atoms with E-state index < -0.39 is 0 Å². The molecular formula is C7H15BP. The second kappa shape index (κ2) is 5.05. The molecule has 0 spiro atoms. The summed E-state index contributed by atoms with van der Waals surface area (Å²) in [6.45, 7) is 6.42. The van der Waals surface area contributed by atoms with E-state index in [0.29, 0.717) is 11.4 Å². The molecule has 0 aromatic rings. The molecule has 0 bridgehead atoms. The van der Waals surface area contributed by atoms with Gasteiger partial charge in [-0.3, -0.25) is 0 Å². The van der Waals surface area contributed by atoms with Crippen LogP contribution in [0.25, 0.3) is 0 Å². The highest BCUT2D eigenvalue weighted by molar-refractivity contribution is 7.21. The monoisotopic (exact) mass is 141 g/mol. The van der Waals surface area contributed by atoms with Crippen molar-refractivity contribution in [1.29, 1.82) is 0 Å². The van der Waals surface area contributed by atoms with Crippen molar-refractivity contribution in [3.8, 4) is 0 Å². The Morgan fingerprint density at radius 3 is 2.33 bits per heavy atom. The van der Waals surface area contributed by atoms with Gasteiger partial charge in [0.1, 0.15) is 7.28 Å². The summed E-state index contributed by atoms with van der Waals surface area (Å²) in [5, 5.41) is 0. The number of rotatable bonds is 3. The molecule has 0 N–H and O–H groups in total. The molecule has 0 nitrogen and oxygen atoms in total. The molecule has 0 saturated heterocycles. The van der Waals surface area contributed by atoms with Crippen LogP contribution in [0.5, 0.6) is 0 Å². The quantitative estimate of drug-likeness (QED) is 0.321. The zero-order chi connectivity index (χ0) is 7.28. The molecule has 0 amide bonds. The van der Waals surface area contributed by atoms with Gasteiger partial charge in [-0.25, -0.2) is 0 Å². The molecule has 0 rings (SSSR count). The van der Waals surface area contributed by atoms with Crippen molar-refractivity contribution in [2.75, 3.05) is 0 Å². The van der Waals surface area contributed by atoms with Gasteiger partial charge in [0.15, 0.2) is 0 Å². The predicted molar refractivity (Wildman–Crippen MR) is 49.2 cm³/mol. The van der Waals surface area contributed by atoms with Crippen molar-refractivity contribution < 1.29 is 0 Å². The summed E-state index contributed by atoms with van der Waals surface area (Å²) in [6, 6.07) is 0. The van der Waals surface area contributed by atoms with Gasteiger partial charge in [-0.1, -0.05) is 37.4 Å². The normalized spacial score (nSPS) is 17.8. The Morgan fingerprint density at radius 2 is 2.00 bits per heavy atom. The minimum absolute atomic E-state index is 0.613. The van der Waals surface area contributed by atoms with Crippen LogP contribution in [0.15, 0.2) is 12.2 Å². The smallest absolute Gasteiger partial charge is 0.127 e. The Bertz CT molecular complexity index is 88.9. The Kier molecular flexibility index (Phi) is 5.19. The van der Waals surface area contributed by atoms with Gasteiger partial charge in [-0.15, -0.1) is 9.24 Å². The van der Waals surface area contributed by atoms with E-state index in [1.807, 2.05) is 0 Å². The molecule has 1 radical (unpaired) electrons. The number of hydrogen-bond donors (Lipinski definition) is 0. The molecule has 3 atom stereocenters. The van der Waals surface area contributed by atoms with Crippen LogP contribution in [0.2, 0.25) is 5.82 Å². The summed E-state index contributed by atoms with van der Waals surface area (Å²) >= 11 is 0. The zero-order valence-electron chi connectivity index (χ0n) is 6.46. The maximum atomic E-state index is 2.76. The van der Waals surface area contributed by atoms with Crippen molar-refractivity contribution in [1.82, 2.24) is 0 Å². The summed E-state index contributed by atoms with van der Waals surface area (Å²) in [5.74, 6) is 0.613. The van der Waals surface area contributed by atoms with Crippen LogP contribution < -0.4 is 0 Å². The topological polar surface area (TPSA) is 0 Å². The molecule has 0 aromatic carbocycles. The summed E-state index contributed by atoms with van der Waals surface area (Å²) in [4.78, 5) is 0. The van der Waals surface area contributed by atoms with Crippen LogP contribution in [0, 0.1) is 0 Å². The molecule has 0 heterocycles. The molecule has 51 valence electrons. The highest BCUT2D eigenvalue weighted by atomic mass is 31.0. The van der Waals surface area contributed by atoms with Crippen molar-refractivity contribution in [3.63, 3.8) is 0 Å². The lowest BCUT2D eigenvalue weighted by Crippen LogP contribution is -2.07. The lowest BCUT2D eigenvalue weighted by atomic mass is 9.63. The molecular weight excluding hydrogens is 126 g/mol. The van der Waals surface area contributed by atoms with Gasteiger partial charge in [0, 0.05) is 0 Å². The average Bonchev–Trinajstić information content (AvgIpc) is 1.63. The van der Waals surface area contributed by atoms with Gasteiger partial charge in [0.2, 0.25) is 0 Å². The third-order valence-electron chi connectivity index (χ3n) is 1.10. The van der Waals surface area contributed by atoms with Gasteiger partial charge < -0.3 is 0 Å². The average molecular weight is 141 g/mol. The highest BCUT2D eigenvalue weighted by Crippen LogP contribution is 2.08. The summed E-state index contributed by atoms with van der Waals surface area (Å²) in [5.41, 5.74) is 0.621. The van der Waals surface area contributed by atoms with E-state index >= 15 is 0 Å². The summed E-state index contributed by atoms with van der Waals surface area (Å²) in [6.07, 6.45) is 4.29. The lowest BCUT2D eigenvalue weighted by Gasteiger charge is -2.05. The van der Waals surface area contributed by atoms with Crippen LogP contribution in [0.4, 0.5) is 0 Å². The van der Waals surface area contributed by atoms with Crippen LogP contribution in [-0.4, -0.2) is 12.8 Å². The van der Waals surface area contributed by atoms with Crippen molar-refractivity contribution in [3.05, 3.63) is 12.2 Å². The molecule has 0 aliphatic rings. The second-order valence-electron chi connectivity index (χ2n) is 2.44. The van der Waals surface area contributed by atoms with Gasteiger partial charge >= 0.3 is 0 Å². The minimum atomic E-state index is 0.613. The van der Waals surface area contributed by atoms with Gasteiger partial charge in [0.05, 0.1) is 0 Å². The predicted octanol–water partition coefficient (Wildman–Crippen LogP) is 2.30. The number of allylic oxidation sites excluding steroid dienone is 2. The van der Waals surface area contributed by atoms with Crippen LogP contribution in [0.1, 0.15) is 20.8 Å². The SMILES string of the molecule is CC=CC(C)[B]C(C)P. The van der Waals surface area contributed by atoms with E-state index in [0.717, 1.165) is 0 Å². The van der Waals surface area contributed by atoms with E-state index in [4.69, 9.17) is 0 Å². The molecule has 0 aromatic heterocycles. The first-order valence-corrected chi connectivity index (χ1v) is 4.07. The van der Waals surface area contributed by atoms with E-state index in [1.54, 1.807) is 0 Å². The Morgan fingerprint density at radius 1 is 1.44 bits per heavy atom. The van der Waals surface area contributed by atoms with E-state index in [-0.39, 0.29) is 0 Å². The van der Waals surface area contributed by atoms with E-state index in [1.165, 1.54) is 0 Å².